The van der Waals surface area contributed by atoms with Gasteiger partial charge >= 0.3 is 5.97 Å². The molecule has 1 aliphatic rings. The molecule has 1 aliphatic heterocycles. The highest BCUT2D eigenvalue weighted by atomic mass is 16.5. The van der Waals surface area contributed by atoms with Crippen molar-refractivity contribution in [3.8, 4) is 5.75 Å². The molecule has 20 heavy (non-hydrogen) atoms. The Morgan fingerprint density at radius 3 is 2.55 bits per heavy atom. The van der Waals surface area contributed by atoms with Crippen molar-refractivity contribution in [2.75, 3.05) is 32.0 Å². The number of benzene rings is 1. The van der Waals surface area contributed by atoms with Crippen LogP contribution in [0.5, 0.6) is 5.75 Å². The van der Waals surface area contributed by atoms with Crippen LogP contribution in [0.4, 0.5) is 5.69 Å². The third-order valence-corrected chi connectivity index (χ3v) is 3.38. The lowest BCUT2D eigenvalue weighted by atomic mass is 10.1. The van der Waals surface area contributed by atoms with Crippen LogP contribution >= 0.6 is 0 Å². The molecule has 0 radical (unpaired) electrons. The molecule has 0 bridgehead atoms. The molecule has 2 rings (SSSR count). The zero-order valence-electron chi connectivity index (χ0n) is 11.9. The summed E-state index contributed by atoms with van der Waals surface area (Å²) in [4.78, 5) is 13.5. The molecule has 1 aromatic rings. The normalized spacial score (nSPS) is 16.9. The number of carbonyl (C=O) groups excluding carboxylic acids is 1. The summed E-state index contributed by atoms with van der Waals surface area (Å²) in [5.74, 6) is 0.702. The minimum Gasteiger partial charge on any atom is -0.490 e. The Kier molecular flexibility index (Phi) is 5.24. The monoisotopic (exact) mass is 278 g/mol. The molecule has 1 aromatic carbocycles. The summed E-state index contributed by atoms with van der Waals surface area (Å²) in [6, 6.07) is 7.46. The molecule has 0 amide bonds. The van der Waals surface area contributed by atoms with Gasteiger partial charge in [0, 0.05) is 18.8 Å². The van der Waals surface area contributed by atoms with E-state index < -0.39 is 0 Å². The molecule has 110 valence electrons. The lowest BCUT2D eigenvalue weighted by Gasteiger charge is -2.31. The van der Waals surface area contributed by atoms with Crippen molar-refractivity contribution >= 4 is 11.7 Å². The predicted molar refractivity (Wildman–Crippen MR) is 77.6 cm³/mol. The summed E-state index contributed by atoms with van der Waals surface area (Å²) in [7, 11) is 0. The van der Waals surface area contributed by atoms with Crippen LogP contribution < -0.4 is 10.5 Å². The van der Waals surface area contributed by atoms with Gasteiger partial charge in [-0.2, -0.15) is 0 Å². The topological polar surface area (TPSA) is 64.8 Å². The van der Waals surface area contributed by atoms with Crippen molar-refractivity contribution < 1.29 is 14.3 Å². The zero-order valence-corrected chi connectivity index (χ0v) is 11.9. The van der Waals surface area contributed by atoms with E-state index in [0.29, 0.717) is 13.2 Å². The maximum atomic E-state index is 11.4. The Morgan fingerprint density at radius 1 is 1.30 bits per heavy atom. The number of carbonyl (C=O) groups is 1. The van der Waals surface area contributed by atoms with Crippen molar-refractivity contribution in [1.82, 2.24) is 4.90 Å². The Morgan fingerprint density at radius 2 is 1.95 bits per heavy atom. The maximum Gasteiger partial charge on any atom is 0.320 e. The molecule has 0 aromatic heterocycles. The van der Waals surface area contributed by atoms with E-state index in [1.54, 1.807) is 0 Å². The van der Waals surface area contributed by atoms with Gasteiger partial charge < -0.3 is 15.2 Å². The van der Waals surface area contributed by atoms with Crippen LogP contribution in [0.15, 0.2) is 24.3 Å². The third-order valence-electron chi connectivity index (χ3n) is 3.38. The van der Waals surface area contributed by atoms with E-state index in [-0.39, 0.29) is 12.1 Å². The number of nitrogens with zero attached hydrogens (tertiary/aromatic N) is 1. The fourth-order valence-electron chi connectivity index (χ4n) is 2.31. The van der Waals surface area contributed by atoms with Gasteiger partial charge in [-0.15, -0.1) is 0 Å². The molecule has 0 atom stereocenters. The average Bonchev–Trinajstić information content (AvgIpc) is 2.44. The number of likely N-dealkylation sites (tertiary alicyclic amines) is 1. The molecule has 1 heterocycles. The Balaban J connectivity index is 1.74. The number of ether oxygens (including phenoxy) is 2. The number of nitrogens with two attached hydrogens (primary N) is 1. The predicted octanol–water partition coefficient (Wildman–Crippen LogP) is 1.68. The number of nitrogen functional groups attached to an aromatic ring is 1. The molecule has 5 nitrogen and oxygen atoms in total. The standard InChI is InChI=1S/C15H22N2O3/c1-2-19-15(18)11-17-9-7-14(8-10-17)20-13-5-3-12(16)4-6-13/h3-6,14H,2,7-11,16H2,1H3. The summed E-state index contributed by atoms with van der Waals surface area (Å²) in [6.07, 6.45) is 2.05. The number of hydrogen-bond donors (Lipinski definition) is 1. The fourth-order valence-corrected chi connectivity index (χ4v) is 2.31. The minimum atomic E-state index is -0.148. The first-order valence-corrected chi connectivity index (χ1v) is 7.07. The van der Waals surface area contributed by atoms with Gasteiger partial charge in [0.25, 0.3) is 0 Å². The fraction of sp³-hybridized carbons (Fsp3) is 0.533. The number of hydrogen-bond acceptors (Lipinski definition) is 5. The van der Waals surface area contributed by atoms with Crippen LogP contribution in [0, 0.1) is 0 Å². The zero-order chi connectivity index (χ0) is 14.4. The van der Waals surface area contributed by atoms with Crippen LogP contribution in [0.2, 0.25) is 0 Å². The Labute approximate surface area is 119 Å². The van der Waals surface area contributed by atoms with Crippen molar-refractivity contribution in [3.63, 3.8) is 0 Å². The van der Waals surface area contributed by atoms with Gasteiger partial charge in [-0.3, -0.25) is 9.69 Å². The molecular formula is C15H22N2O3. The summed E-state index contributed by atoms with van der Waals surface area (Å²) in [6.45, 7) is 4.36. The quantitative estimate of drug-likeness (QED) is 0.655. The van der Waals surface area contributed by atoms with Gasteiger partial charge in [0.2, 0.25) is 0 Å². The first kappa shape index (κ1) is 14.7. The largest absolute Gasteiger partial charge is 0.490 e. The second-order valence-electron chi connectivity index (χ2n) is 4.97. The number of rotatable bonds is 5. The summed E-state index contributed by atoms with van der Waals surface area (Å²) >= 11 is 0. The second-order valence-corrected chi connectivity index (χ2v) is 4.97. The van der Waals surface area contributed by atoms with Gasteiger partial charge in [-0.1, -0.05) is 0 Å². The molecule has 0 saturated carbocycles. The molecule has 0 unspecified atom stereocenters. The lowest BCUT2D eigenvalue weighted by Crippen LogP contribution is -2.41. The van der Waals surface area contributed by atoms with E-state index in [1.807, 2.05) is 31.2 Å². The minimum absolute atomic E-state index is 0.148. The van der Waals surface area contributed by atoms with Gasteiger partial charge in [0.05, 0.1) is 13.2 Å². The Hall–Kier alpha value is -1.75. The van der Waals surface area contributed by atoms with E-state index >= 15 is 0 Å². The summed E-state index contributed by atoms with van der Waals surface area (Å²) < 4.78 is 10.9. The van der Waals surface area contributed by atoms with Crippen LogP contribution in [0.1, 0.15) is 19.8 Å². The van der Waals surface area contributed by atoms with Crippen molar-refractivity contribution in [1.29, 1.82) is 0 Å². The van der Waals surface area contributed by atoms with Crippen LogP contribution in [-0.4, -0.2) is 43.2 Å². The lowest BCUT2D eigenvalue weighted by molar-refractivity contribution is -0.144. The van der Waals surface area contributed by atoms with Crippen LogP contribution in [-0.2, 0) is 9.53 Å². The summed E-state index contributed by atoms with van der Waals surface area (Å²) in [5.41, 5.74) is 6.38. The van der Waals surface area contributed by atoms with E-state index in [9.17, 15) is 4.79 Å². The van der Waals surface area contributed by atoms with Crippen molar-refractivity contribution in [3.05, 3.63) is 24.3 Å². The molecule has 1 saturated heterocycles. The van der Waals surface area contributed by atoms with Crippen LogP contribution in [0.3, 0.4) is 0 Å². The van der Waals surface area contributed by atoms with Crippen molar-refractivity contribution in [2.45, 2.75) is 25.9 Å². The van der Waals surface area contributed by atoms with Gasteiger partial charge in [-0.25, -0.2) is 0 Å². The third kappa shape index (κ3) is 4.42. The maximum absolute atomic E-state index is 11.4. The van der Waals surface area contributed by atoms with Gasteiger partial charge in [-0.05, 0) is 44.0 Å². The number of anilines is 1. The number of esters is 1. The van der Waals surface area contributed by atoms with E-state index in [1.165, 1.54) is 0 Å². The molecule has 0 spiro atoms. The van der Waals surface area contributed by atoms with E-state index in [4.69, 9.17) is 15.2 Å². The van der Waals surface area contributed by atoms with Gasteiger partial charge in [0.1, 0.15) is 11.9 Å². The smallest absolute Gasteiger partial charge is 0.320 e. The van der Waals surface area contributed by atoms with E-state index in [2.05, 4.69) is 4.90 Å². The van der Waals surface area contributed by atoms with Crippen LogP contribution in [0.25, 0.3) is 0 Å². The number of piperidine rings is 1. The first-order chi connectivity index (χ1) is 9.67. The molecule has 5 heteroatoms. The average molecular weight is 278 g/mol. The molecule has 0 aliphatic carbocycles. The van der Waals surface area contributed by atoms with Crippen molar-refractivity contribution in [2.24, 2.45) is 0 Å². The Bertz CT molecular complexity index is 425. The highest BCUT2D eigenvalue weighted by Gasteiger charge is 2.22. The summed E-state index contributed by atoms with van der Waals surface area (Å²) in [5, 5.41) is 0. The highest BCUT2D eigenvalue weighted by Crippen LogP contribution is 2.20. The SMILES string of the molecule is CCOC(=O)CN1CCC(Oc2ccc(N)cc2)CC1. The highest BCUT2D eigenvalue weighted by molar-refractivity contribution is 5.71. The second kappa shape index (κ2) is 7.14. The van der Waals surface area contributed by atoms with Gasteiger partial charge in [0.15, 0.2) is 0 Å². The molecular weight excluding hydrogens is 256 g/mol. The molecule has 2 N–H and O–H groups in total. The van der Waals surface area contributed by atoms with E-state index in [0.717, 1.165) is 37.4 Å². The molecule has 1 fully saturated rings. The first-order valence-electron chi connectivity index (χ1n) is 7.07.